The summed E-state index contributed by atoms with van der Waals surface area (Å²) in [4.78, 5) is 40.0. The summed E-state index contributed by atoms with van der Waals surface area (Å²) in [6, 6.07) is 14.4. The first-order valence-corrected chi connectivity index (χ1v) is 9.02. The van der Waals surface area contributed by atoms with Crippen molar-refractivity contribution in [1.82, 2.24) is 9.55 Å². The van der Waals surface area contributed by atoms with E-state index in [1.54, 1.807) is 17.0 Å². The number of anilines is 2. The van der Waals surface area contributed by atoms with Crippen LogP contribution in [0.15, 0.2) is 64.2 Å². The van der Waals surface area contributed by atoms with Gasteiger partial charge in [0.1, 0.15) is 5.82 Å². The summed E-state index contributed by atoms with van der Waals surface area (Å²) in [6.45, 7) is 0. The van der Waals surface area contributed by atoms with Crippen molar-refractivity contribution < 1.29 is 4.92 Å². The van der Waals surface area contributed by atoms with Crippen molar-refractivity contribution in [3.05, 3.63) is 96.7 Å². The Labute approximate surface area is 169 Å². The number of benzene rings is 2. The molecule has 10 heteroatoms. The third-order valence-corrected chi connectivity index (χ3v) is 5.08. The average Bonchev–Trinajstić information content (AvgIpc) is 2.72. The fourth-order valence-electron chi connectivity index (χ4n) is 3.35. The van der Waals surface area contributed by atoms with Crippen molar-refractivity contribution in [3.8, 4) is 0 Å². The van der Waals surface area contributed by atoms with E-state index in [0.29, 0.717) is 11.1 Å². The molecule has 0 saturated carbocycles. The number of nitro benzene ring substituents is 1. The monoisotopic (exact) mass is 409 g/mol. The van der Waals surface area contributed by atoms with Gasteiger partial charge in [0.2, 0.25) is 0 Å². The van der Waals surface area contributed by atoms with Gasteiger partial charge in [-0.25, -0.2) is 4.79 Å². The van der Waals surface area contributed by atoms with Crippen LogP contribution in [0.2, 0.25) is 0 Å². The molecule has 0 bridgehead atoms. The van der Waals surface area contributed by atoms with Crippen LogP contribution in [0.4, 0.5) is 17.2 Å². The molecular weight excluding hydrogens is 394 g/mol. The summed E-state index contributed by atoms with van der Waals surface area (Å²) >= 11 is 5.52. The van der Waals surface area contributed by atoms with E-state index >= 15 is 0 Å². The number of hydrogen-bond donors (Lipinski definition) is 2. The van der Waals surface area contributed by atoms with Crippen LogP contribution in [-0.2, 0) is 7.05 Å². The van der Waals surface area contributed by atoms with Gasteiger partial charge in [0.15, 0.2) is 5.11 Å². The Morgan fingerprint density at radius 1 is 1.07 bits per heavy atom. The highest BCUT2D eigenvalue weighted by molar-refractivity contribution is 7.80. The Balaban J connectivity index is 1.99. The minimum atomic E-state index is -0.683. The summed E-state index contributed by atoms with van der Waals surface area (Å²) in [5.41, 5.74) is 0.521. The second-order valence-electron chi connectivity index (χ2n) is 6.47. The van der Waals surface area contributed by atoms with Crippen molar-refractivity contribution in [2.45, 2.75) is 6.04 Å². The summed E-state index contributed by atoms with van der Waals surface area (Å²) in [5.74, 6) is 0.221. The molecule has 0 amide bonds. The number of nitro groups is 1. The Morgan fingerprint density at radius 3 is 2.34 bits per heavy atom. The van der Waals surface area contributed by atoms with E-state index in [-0.39, 0.29) is 16.6 Å². The first kappa shape index (κ1) is 18.6. The lowest BCUT2D eigenvalue weighted by atomic mass is 9.96. The van der Waals surface area contributed by atoms with Crippen LogP contribution in [0.5, 0.6) is 0 Å². The number of rotatable bonds is 3. The maximum Gasteiger partial charge on any atom is 0.329 e. The van der Waals surface area contributed by atoms with Gasteiger partial charge in [0.05, 0.1) is 16.5 Å². The van der Waals surface area contributed by atoms with E-state index in [0.717, 1.165) is 10.3 Å². The van der Waals surface area contributed by atoms with Gasteiger partial charge in [0, 0.05) is 24.9 Å². The van der Waals surface area contributed by atoms with E-state index in [2.05, 4.69) is 10.3 Å². The topological polar surface area (TPSA) is 113 Å². The molecule has 2 N–H and O–H groups in total. The van der Waals surface area contributed by atoms with Gasteiger partial charge < -0.3 is 10.2 Å². The van der Waals surface area contributed by atoms with Gasteiger partial charge in [-0.3, -0.25) is 24.5 Å². The number of non-ortho nitro benzene ring substituents is 1. The smallest absolute Gasteiger partial charge is 0.318 e. The lowest BCUT2D eigenvalue weighted by molar-refractivity contribution is -0.384. The summed E-state index contributed by atoms with van der Waals surface area (Å²) in [6.07, 6.45) is 0. The standard InChI is InChI=1S/C19H15N5O4S/c1-22-17(25)14-15(11-7-9-13(10-8-11)24(27)28)23(12-5-3-2-4-6-12)19(29)21-16(14)20-18(22)26/h2-10,15H,1H3,(H,20,26)(H,21,29). The van der Waals surface area contributed by atoms with Crippen LogP contribution >= 0.6 is 12.2 Å². The maximum atomic E-state index is 13.0. The molecule has 1 aliphatic heterocycles. The molecule has 0 spiro atoms. The molecule has 1 aliphatic rings. The largest absolute Gasteiger partial charge is 0.329 e. The number of fused-ring (bicyclic) bond motifs is 1. The van der Waals surface area contributed by atoms with Gasteiger partial charge in [-0.1, -0.05) is 18.2 Å². The number of thiocarbonyl (C=S) groups is 1. The van der Waals surface area contributed by atoms with E-state index in [1.165, 1.54) is 19.2 Å². The molecule has 1 atom stereocenters. The van der Waals surface area contributed by atoms with Crippen LogP contribution in [0.3, 0.4) is 0 Å². The van der Waals surface area contributed by atoms with Crippen molar-refractivity contribution in [1.29, 1.82) is 0 Å². The number of hydrogen-bond acceptors (Lipinski definition) is 5. The molecule has 29 heavy (non-hydrogen) atoms. The molecule has 0 saturated heterocycles. The first-order chi connectivity index (χ1) is 13.9. The molecule has 3 aromatic rings. The molecule has 0 fully saturated rings. The van der Waals surface area contributed by atoms with Crippen LogP contribution in [0.25, 0.3) is 0 Å². The van der Waals surface area contributed by atoms with E-state index in [4.69, 9.17) is 12.2 Å². The average molecular weight is 409 g/mol. The van der Waals surface area contributed by atoms with E-state index in [9.17, 15) is 19.7 Å². The Bertz CT molecular complexity index is 1230. The van der Waals surface area contributed by atoms with Crippen LogP contribution in [0.1, 0.15) is 17.2 Å². The van der Waals surface area contributed by atoms with Gasteiger partial charge in [-0.05, 0) is 42.0 Å². The summed E-state index contributed by atoms with van der Waals surface area (Å²) in [5, 5.41) is 14.2. The molecule has 4 rings (SSSR count). The minimum absolute atomic E-state index is 0.0638. The van der Waals surface area contributed by atoms with Gasteiger partial charge in [-0.2, -0.15) is 0 Å². The van der Waals surface area contributed by atoms with Crippen molar-refractivity contribution in [3.63, 3.8) is 0 Å². The fraction of sp³-hybridized carbons (Fsp3) is 0.105. The quantitative estimate of drug-likeness (QED) is 0.388. The zero-order chi connectivity index (χ0) is 20.7. The second-order valence-corrected chi connectivity index (χ2v) is 6.86. The predicted octanol–water partition coefficient (Wildman–Crippen LogP) is 2.29. The highest BCUT2D eigenvalue weighted by Crippen LogP contribution is 2.38. The molecule has 0 aliphatic carbocycles. The third-order valence-electron chi connectivity index (χ3n) is 4.78. The van der Waals surface area contributed by atoms with Crippen molar-refractivity contribution in [2.24, 2.45) is 7.05 Å². The minimum Gasteiger partial charge on any atom is -0.318 e. The lowest BCUT2D eigenvalue weighted by Crippen LogP contribution is -2.49. The van der Waals surface area contributed by atoms with Gasteiger partial charge in [0.25, 0.3) is 11.2 Å². The predicted molar refractivity (Wildman–Crippen MR) is 112 cm³/mol. The fourth-order valence-corrected chi connectivity index (χ4v) is 3.67. The SMILES string of the molecule is Cn1c(=O)[nH]c2c(c1=O)C(c1ccc([N+](=O)[O-])cc1)N(c1ccccc1)C(=S)N2. The number of aromatic nitrogens is 2. The van der Waals surface area contributed by atoms with Crippen LogP contribution < -0.4 is 21.5 Å². The molecule has 0 radical (unpaired) electrons. The van der Waals surface area contributed by atoms with Crippen LogP contribution in [-0.4, -0.2) is 19.6 Å². The summed E-state index contributed by atoms with van der Waals surface area (Å²) in [7, 11) is 1.38. The van der Waals surface area contributed by atoms with Crippen LogP contribution in [0, 0.1) is 10.1 Å². The first-order valence-electron chi connectivity index (χ1n) is 8.61. The summed E-state index contributed by atoms with van der Waals surface area (Å²) < 4.78 is 0.983. The highest BCUT2D eigenvalue weighted by atomic mass is 32.1. The second kappa shape index (κ2) is 6.99. The molecule has 146 valence electrons. The Kier molecular flexibility index (Phi) is 4.47. The van der Waals surface area contributed by atoms with Gasteiger partial charge in [-0.15, -0.1) is 0 Å². The number of aromatic amines is 1. The normalized spacial score (nSPS) is 15.6. The molecule has 1 unspecified atom stereocenters. The molecular formula is C19H15N5O4S. The Morgan fingerprint density at radius 2 is 1.72 bits per heavy atom. The molecule has 2 heterocycles. The van der Waals surface area contributed by atoms with E-state index < -0.39 is 22.2 Å². The van der Waals surface area contributed by atoms with Gasteiger partial charge >= 0.3 is 5.69 Å². The third kappa shape index (κ3) is 3.09. The van der Waals surface area contributed by atoms with Crippen molar-refractivity contribution in [2.75, 3.05) is 10.2 Å². The zero-order valence-corrected chi connectivity index (χ0v) is 16.0. The number of H-pyrrole nitrogens is 1. The zero-order valence-electron chi connectivity index (χ0n) is 15.2. The number of nitrogens with zero attached hydrogens (tertiary/aromatic N) is 3. The molecule has 2 aromatic carbocycles. The maximum absolute atomic E-state index is 13.0. The Hall–Kier alpha value is -3.79. The molecule has 9 nitrogen and oxygen atoms in total. The number of para-hydroxylation sites is 1. The molecule has 1 aromatic heterocycles. The highest BCUT2D eigenvalue weighted by Gasteiger charge is 2.36. The van der Waals surface area contributed by atoms with Crippen molar-refractivity contribution >= 4 is 34.5 Å². The van der Waals surface area contributed by atoms with E-state index in [1.807, 2.05) is 30.3 Å². The number of nitrogens with one attached hydrogen (secondary N) is 2. The lowest BCUT2D eigenvalue weighted by Gasteiger charge is -2.38.